The molecule has 1 N–H and O–H groups in total. The van der Waals surface area contributed by atoms with Crippen LogP contribution in [0.5, 0.6) is 11.5 Å². The van der Waals surface area contributed by atoms with Crippen molar-refractivity contribution >= 4 is 23.2 Å². The molecule has 0 spiro atoms. The van der Waals surface area contributed by atoms with E-state index in [1.807, 2.05) is 24.3 Å². The zero-order valence-electron chi connectivity index (χ0n) is 14.1. The van der Waals surface area contributed by atoms with Crippen LogP contribution in [-0.4, -0.2) is 18.6 Å². The zero-order valence-corrected chi connectivity index (χ0v) is 14.8. The monoisotopic (exact) mass is 347 g/mol. The molecule has 128 valence electrons. The van der Waals surface area contributed by atoms with Gasteiger partial charge in [0.2, 0.25) is 0 Å². The molecule has 2 aromatic rings. The number of ether oxygens (including phenoxy) is 2. The molecule has 0 fully saturated rings. The SMILES string of the molecule is CC(C)COc1cccc(NC(=O)C(C)Oc2ccccc2Cl)c1. The van der Waals surface area contributed by atoms with Gasteiger partial charge in [0.05, 0.1) is 11.6 Å². The molecule has 1 amide bonds. The second kappa shape index (κ2) is 8.60. The molecular formula is C19H22ClNO3. The molecule has 1 atom stereocenters. The minimum atomic E-state index is -0.676. The summed E-state index contributed by atoms with van der Waals surface area (Å²) in [6.07, 6.45) is -0.676. The summed E-state index contributed by atoms with van der Waals surface area (Å²) in [5, 5.41) is 3.30. The Kier molecular flexibility index (Phi) is 6.50. The molecule has 0 saturated carbocycles. The van der Waals surface area contributed by atoms with Gasteiger partial charge < -0.3 is 14.8 Å². The second-order valence-electron chi connectivity index (χ2n) is 5.91. The first-order valence-electron chi connectivity index (χ1n) is 7.90. The van der Waals surface area contributed by atoms with Gasteiger partial charge in [-0.25, -0.2) is 0 Å². The van der Waals surface area contributed by atoms with Crippen molar-refractivity contribution in [3.8, 4) is 11.5 Å². The van der Waals surface area contributed by atoms with Crippen molar-refractivity contribution in [2.75, 3.05) is 11.9 Å². The average molecular weight is 348 g/mol. The fraction of sp³-hybridized carbons (Fsp3) is 0.316. The van der Waals surface area contributed by atoms with Gasteiger partial charge in [0, 0.05) is 11.8 Å². The van der Waals surface area contributed by atoms with Crippen LogP contribution in [0, 0.1) is 5.92 Å². The van der Waals surface area contributed by atoms with Crippen molar-refractivity contribution in [3.63, 3.8) is 0 Å². The number of halogens is 1. The Morgan fingerprint density at radius 2 is 1.88 bits per heavy atom. The number of hydrogen-bond donors (Lipinski definition) is 1. The van der Waals surface area contributed by atoms with E-state index in [-0.39, 0.29) is 5.91 Å². The second-order valence-corrected chi connectivity index (χ2v) is 6.32. The van der Waals surface area contributed by atoms with Crippen LogP contribution in [0.25, 0.3) is 0 Å². The Labute approximate surface area is 147 Å². The van der Waals surface area contributed by atoms with Gasteiger partial charge in [0.15, 0.2) is 6.10 Å². The summed E-state index contributed by atoms with van der Waals surface area (Å²) >= 11 is 6.04. The van der Waals surface area contributed by atoms with Crippen LogP contribution in [0.4, 0.5) is 5.69 Å². The third kappa shape index (κ3) is 5.46. The standard InChI is InChI=1S/C19H22ClNO3/c1-13(2)12-23-16-8-6-7-15(11-16)21-19(22)14(3)24-18-10-5-4-9-17(18)20/h4-11,13-14H,12H2,1-3H3,(H,21,22). The number of carbonyl (C=O) groups excluding carboxylic acids is 1. The summed E-state index contributed by atoms with van der Waals surface area (Å²) in [7, 11) is 0. The van der Waals surface area contributed by atoms with Crippen LogP contribution in [0.15, 0.2) is 48.5 Å². The third-order valence-corrected chi connectivity index (χ3v) is 3.51. The lowest BCUT2D eigenvalue weighted by Crippen LogP contribution is -2.30. The van der Waals surface area contributed by atoms with Crippen molar-refractivity contribution in [1.82, 2.24) is 0 Å². The van der Waals surface area contributed by atoms with Gasteiger partial charge in [-0.05, 0) is 37.1 Å². The Hall–Kier alpha value is -2.20. The Bertz CT molecular complexity index is 688. The minimum Gasteiger partial charge on any atom is -0.493 e. The summed E-state index contributed by atoms with van der Waals surface area (Å²) in [4.78, 5) is 12.3. The van der Waals surface area contributed by atoms with E-state index in [4.69, 9.17) is 21.1 Å². The molecule has 24 heavy (non-hydrogen) atoms. The predicted molar refractivity (Wildman–Crippen MR) is 96.9 cm³/mol. The number of hydrogen-bond acceptors (Lipinski definition) is 3. The van der Waals surface area contributed by atoms with Crippen molar-refractivity contribution in [3.05, 3.63) is 53.6 Å². The lowest BCUT2D eigenvalue weighted by molar-refractivity contribution is -0.122. The number of para-hydroxylation sites is 1. The molecule has 0 bridgehead atoms. The van der Waals surface area contributed by atoms with E-state index < -0.39 is 6.10 Å². The lowest BCUT2D eigenvalue weighted by Gasteiger charge is -2.16. The highest BCUT2D eigenvalue weighted by atomic mass is 35.5. The quantitative estimate of drug-likeness (QED) is 0.784. The maximum Gasteiger partial charge on any atom is 0.265 e. The summed E-state index contributed by atoms with van der Waals surface area (Å²) in [5.41, 5.74) is 0.663. The molecule has 2 aromatic carbocycles. The Morgan fingerprint density at radius 3 is 2.58 bits per heavy atom. The molecule has 0 radical (unpaired) electrons. The van der Waals surface area contributed by atoms with Crippen LogP contribution < -0.4 is 14.8 Å². The molecule has 1 unspecified atom stereocenters. The normalized spacial score (nSPS) is 11.9. The van der Waals surface area contributed by atoms with Gasteiger partial charge in [0.1, 0.15) is 11.5 Å². The highest BCUT2D eigenvalue weighted by Crippen LogP contribution is 2.24. The van der Waals surface area contributed by atoms with Crippen LogP contribution in [0.2, 0.25) is 5.02 Å². The van der Waals surface area contributed by atoms with Gasteiger partial charge in [0.25, 0.3) is 5.91 Å². The first-order chi connectivity index (χ1) is 11.5. The van der Waals surface area contributed by atoms with Crippen molar-refractivity contribution < 1.29 is 14.3 Å². The van der Waals surface area contributed by atoms with Crippen LogP contribution >= 0.6 is 11.6 Å². The van der Waals surface area contributed by atoms with Crippen LogP contribution in [0.1, 0.15) is 20.8 Å². The molecule has 0 aliphatic heterocycles. The van der Waals surface area contributed by atoms with Gasteiger partial charge in [-0.2, -0.15) is 0 Å². The highest BCUT2D eigenvalue weighted by Gasteiger charge is 2.16. The van der Waals surface area contributed by atoms with E-state index in [9.17, 15) is 4.79 Å². The van der Waals surface area contributed by atoms with E-state index in [1.165, 1.54) is 0 Å². The first-order valence-corrected chi connectivity index (χ1v) is 8.28. The van der Waals surface area contributed by atoms with Crippen molar-refractivity contribution in [1.29, 1.82) is 0 Å². The predicted octanol–water partition coefficient (Wildman–Crippen LogP) is 4.78. The maximum absolute atomic E-state index is 12.3. The number of benzene rings is 2. The van der Waals surface area contributed by atoms with E-state index in [0.717, 1.165) is 5.75 Å². The molecule has 4 nitrogen and oxygen atoms in total. The van der Waals surface area contributed by atoms with Crippen LogP contribution in [0.3, 0.4) is 0 Å². The lowest BCUT2D eigenvalue weighted by atomic mass is 10.2. The summed E-state index contributed by atoms with van der Waals surface area (Å²) in [5.74, 6) is 1.39. The summed E-state index contributed by atoms with van der Waals surface area (Å²) < 4.78 is 11.3. The average Bonchev–Trinajstić information content (AvgIpc) is 2.55. The fourth-order valence-corrected chi connectivity index (χ4v) is 2.13. The van der Waals surface area contributed by atoms with Crippen molar-refractivity contribution in [2.24, 2.45) is 5.92 Å². The minimum absolute atomic E-state index is 0.254. The first kappa shape index (κ1) is 18.1. The largest absolute Gasteiger partial charge is 0.493 e. The number of nitrogens with one attached hydrogen (secondary N) is 1. The molecule has 0 saturated heterocycles. The highest BCUT2D eigenvalue weighted by molar-refractivity contribution is 6.32. The van der Waals surface area contributed by atoms with E-state index in [2.05, 4.69) is 19.2 Å². The van der Waals surface area contributed by atoms with E-state index in [1.54, 1.807) is 31.2 Å². The summed E-state index contributed by atoms with van der Waals surface area (Å²) in [6.45, 7) is 6.47. The van der Waals surface area contributed by atoms with Gasteiger partial charge in [-0.1, -0.05) is 43.6 Å². The van der Waals surface area contributed by atoms with Crippen molar-refractivity contribution in [2.45, 2.75) is 26.9 Å². The molecular weight excluding hydrogens is 326 g/mol. The molecule has 5 heteroatoms. The van der Waals surface area contributed by atoms with E-state index in [0.29, 0.717) is 29.0 Å². The molecule has 2 rings (SSSR count). The smallest absolute Gasteiger partial charge is 0.265 e. The molecule has 0 aromatic heterocycles. The number of amides is 1. The Balaban J connectivity index is 1.96. The van der Waals surface area contributed by atoms with Gasteiger partial charge >= 0.3 is 0 Å². The Morgan fingerprint density at radius 1 is 1.12 bits per heavy atom. The summed E-state index contributed by atoms with van der Waals surface area (Å²) in [6, 6.07) is 14.4. The number of anilines is 1. The van der Waals surface area contributed by atoms with Crippen LogP contribution in [-0.2, 0) is 4.79 Å². The number of rotatable bonds is 7. The zero-order chi connectivity index (χ0) is 17.5. The molecule has 0 aliphatic rings. The molecule has 0 aliphatic carbocycles. The topological polar surface area (TPSA) is 47.6 Å². The molecule has 0 heterocycles. The third-order valence-electron chi connectivity index (χ3n) is 3.19. The fourth-order valence-electron chi connectivity index (χ4n) is 1.95. The number of carbonyl (C=O) groups is 1. The maximum atomic E-state index is 12.3. The van der Waals surface area contributed by atoms with E-state index >= 15 is 0 Å². The van der Waals surface area contributed by atoms with Gasteiger partial charge in [-0.3, -0.25) is 4.79 Å². The van der Waals surface area contributed by atoms with Gasteiger partial charge in [-0.15, -0.1) is 0 Å².